The number of thiazole rings is 1. The monoisotopic (exact) mass is 396 g/mol. The van der Waals surface area contributed by atoms with Crippen LogP contribution in [0, 0.1) is 13.8 Å². The number of nitrogens with zero attached hydrogens (tertiary/aromatic N) is 4. The smallest absolute Gasteiger partial charge is 0.191 e. The normalized spacial score (nSPS) is 11.6. The second-order valence-corrected chi connectivity index (χ2v) is 7.72. The fraction of sp³-hybridized carbons (Fsp3) is 0.381. The molecule has 0 aliphatic carbocycles. The summed E-state index contributed by atoms with van der Waals surface area (Å²) in [6.45, 7) is 10.4. The summed E-state index contributed by atoms with van der Waals surface area (Å²) in [5.74, 6) is 0.794. The lowest BCUT2D eigenvalue weighted by Gasteiger charge is -2.10. The summed E-state index contributed by atoms with van der Waals surface area (Å²) >= 11 is 1.74. The second-order valence-electron chi connectivity index (χ2n) is 6.52. The topological polar surface area (TPSA) is 67.1 Å². The van der Waals surface area contributed by atoms with Crippen LogP contribution in [0.2, 0.25) is 0 Å². The van der Waals surface area contributed by atoms with Crippen molar-refractivity contribution in [2.45, 2.75) is 47.2 Å². The minimum atomic E-state index is 0.581. The van der Waals surface area contributed by atoms with Crippen molar-refractivity contribution in [2.75, 3.05) is 6.54 Å². The maximum atomic E-state index is 4.77. The summed E-state index contributed by atoms with van der Waals surface area (Å²) in [4.78, 5) is 10.5. The van der Waals surface area contributed by atoms with Crippen LogP contribution in [0.3, 0.4) is 0 Å². The SMILES string of the molecule is CCNC(=NCc1c(C)nn(-c2ccccc2)c1C)NCc1ncc(CC)s1. The first-order valence-electron chi connectivity index (χ1n) is 9.68. The van der Waals surface area contributed by atoms with Crippen molar-refractivity contribution < 1.29 is 0 Å². The van der Waals surface area contributed by atoms with Crippen LogP contribution in [0.4, 0.5) is 0 Å². The molecule has 0 saturated carbocycles. The van der Waals surface area contributed by atoms with Crippen molar-refractivity contribution in [1.82, 2.24) is 25.4 Å². The van der Waals surface area contributed by atoms with Crippen molar-refractivity contribution in [3.63, 3.8) is 0 Å². The highest BCUT2D eigenvalue weighted by Crippen LogP contribution is 2.18. The van der Waals surface area contributed by atoms with Crippen LogP contribution in [0.25, 0.3) is 5.69 Å². The molecule has 0 saturated heterocycles. The van der Waals surface area contributed by atoms with E-state index >= 15 is 0 Å². The molecule has 0 fully saturated rings. The molecule has 3 rings (SSSR count). The van der Waals surface area contributed by atoms with Gasteiger partial charge in [0, 0.05) is 28.9 Å². The van der Waals surface area contributed by atoms with E-state index in [9.17, 15) is 0 Å². The van der Waals surface area contributed by atoms with E-state index in [-0.39, 0.29) is 0 Å². The molecule has 0 unspecified atom stereocenters. The molecule has 2 aromatic heterocycles. The molecule has 28 heavy (non-hydrogen) atoms. The zero-order chi connectivity index (χ0) is 19.9. The zero-order valence-corrected chi connectivity index (χ0v) is 17.8. The molecule has 148 valence electrons. The Balaban J connectivity index is 1.73. The number of hydrogen-bond donors (Lipinski definition) is 2. The van der Waals surface area contributed by atoms with Gasteiger partial charge in [-0.25, -0.2) is 14.7 Å². The minimum absolute atomic E-state index is 0.581. The van der Waals surface area contributed by atoms with Gasteiger partial charge >= 0.3 is 0 Å². The van der Waals surface area contributed by atoms with Crippen LogP contribution in [0.1, 0.15) is 40.7 Å². The predicted molar refractivity (Wildman–Crippen MR) is 116 cm³/mol. The number of para-hydroxylation sites is 1. The van der Waals surface area contributed by atoms with Crippen molar-refractivity contribution in [2.24, 2.45) is 4.99 Å². The van der Waals surface area contributed by atoms with Gasteiger partial charge in [-0.3, -0.25) is 0 Å². The highest BCUT2D eigenvalue weighted by Gasteiger charge is 2.12. The third-order valence-electron chi connectivity index (χ3n) is 4.54. The first-order valence-corrected chi connectivity index (χ1v) is 10.5. The van der Waals surface area contributed by atoms with Crippen LogP contribution in [-0.2, 0) is 19.5 Å². The standard InChI is InChI=1S/C21H28N6S/c1-5-18-12-23-20(28-18)14-25-21(22-6-2)24-13-19-15(3)26-27(16(19)4)17-10-8-7-9-11-17/h7-12H,5-6,13-14H2,1-4H3,(H2,22,24,25). The molecule has 0 radical (unpaired) electrons. The average Bonchev–Trinajstić information content (AvgIpc) is 3.29. The molecule has 0 amide bonds. The Morgan fingerprint density at radius 2 is 1.93 bits per heavy atom. The first kappa shape index (κ1) is 20.1. The summed E-state index contributed by atoms with van der Waals surface area (Å²) in [5, 5.41) is 12.5. The van der Waals surface area contributed by atoms with Gasteiger partial charge in [-0.2, -0.15) is 5.10 Å². The fourth-order valence-corrected chi connectivity index (χ4v) is 3.78. The molecule has 6 nitrogen and oxygen atoms in total. The molecule has 0 bridgehead atoms. The Kier molecular flexibility index (Phi) is 6.81. The second kappa shape index (κ2) is 9.50. The molecule has 2 N–H and O–H groups in total. The number of aryl methyl sites for hydroxylation is 2. The largest absolute Gasteiger partial charge is 0.357 e. The molecule has 0 aliphatic heterocycles. The van der Waals surface area contributed by atoms with Crippen molar-refractivity contribution >= 4 is 17.3 Å². The summed E-state index contributed by atoms with van der Waals surface area (Å²) in [7, 11) is 0. The van der Waals surface area contributed by atoms with Gasteiger partial charge in [0.05, 0.1) is 24.5 Å². The van der Waals surface area contributed by atoms with Crippen molar-refractivity contribution in [1.29, 1.82) is 0 Å². The molecule has 2 heterocycles. The van der Waals surface area contributed by atoms with Crippen LogP contribution < -0.4 is 10.6 Å². The zero-order valence-electron chi connectivity index (χ0n) is 17.0. The third kappa shape index (κ3) is 4.78. The Hall–Kier alpha value is -2.67. The Bertz CT molecular complexity index is 926. The van der Waals surface area contributed by atoms with Gasteiger partial charge in [0.1, 0.15) is 5.01 Å². The van der Waals surface area contributed by atoms with Gasteiger partial charge in [-0.15, -0.1) is 11.3 Å². The van der Waals surface area contributed by atoms with Crippen molar-refractivity contribution in [3.05, 3.63) is 63.4 Å². The highest BCUT2D eigenvalue weighted by atomic mass is 32.1. The van der Waals surface area contributed by atoms with Gasteiger partial charge in [0.15, 0.2) is 5.96 Å². The molecule has 0 atom stereocenters. The third-order valence-corrected chi connectivity index (χ3v) is 5.68. The van der Waals surface area contributed by atoms with Crippen LogP contribution in [0.5, 0.6) is 0 Å². The molecule has 7 heteroatoms. The van der Waals surface area contributed by atoms with E-state index in [0.29, 0.717) is 13.1 Å². The van der Waals surface area contributed by atoms with Gasteiger partial charge in [-0.05, 0) is 39.3 Å². The van der Waals surface area contributed by atoms with E-state index in [1.807, 2.05) is 36.0 Å². The van der Waals surface area contributed by atoms with E-state index in [1.165, 1.54) is 4.88 Å². The van der Waals surface area contributed by atoms with E-state index in [4.69, 9.17) is 10.1 Å². The Labute approximate surface area is 170 Å². The van der Waals surface area contributed by atoms with E-state index in [2.05, 4.69) is 48.5 Å². The number of nitrogens with one attached hydrogen (secondary N) is 2. The lowest BCUT2D eigenvalue weighted by molar-refractivity contribution is 0.809. The van der Waals surface area contributed by atoms with Gasteiger partial charge in [0.25, 0.3) is 0 Å². The molecular weight excluding hydrogens is 368 g/mol. The number of hydrogen-bond acceptors (Lipinski definition) is 4. The number of benzene rings is 1. The van der Waals surface area contributed by atoms with E-state index in [1.54, 1.807) is 11.3 Å². The first-order chi connectivity index (χ1) is 13.6. The Morgan fingerprint density at radius 3 is 2.61 bits per heavy atom. The number of guanidine groups is 1. The van der Waals surface area contributed by atoms with Gasteiger partial charge in [-0.1, -0.05) is 25.1 Å². The van der Waals surface area contributed by atoms with E-state index in [0.717, 1.165) is 46.6 Å². The summed E-state index contributed by atoms with van der Waals surface area (Å²) in [6.07, 6.45) is 2.98. The molecule has 3 aromatic rings. The van der Waals surface area contributed by atoms with E-state index < -0.39 is 0 Å². The molecule has 0 spiro atoms. The minimum Gasteiger partial charge on any atom is -0.357 e. The molecular formula is C21H28N6S. The number of aromatic nitrogens is 3. The van der Waals surface area contributed by atoms with Crippen LogP contribution in [0.15, 0.2) is 41.5 Å². The highest BCUT2D eigenvalue weighted by molar-refractivity contribution is 7.11. The maximum absolute atomic E-state index is 4.77. The lowest BCUT2D eigenvalue weighted by Crippen LogP contribution is -2.36. The quantitative estimate of drug-likeness (QED) is 0.471. The predicted octanol–water partition coefficient (Wildman–Crippen LogP) is 3.76. The molecule has 0 aliphatic rings. The van der Waals surface area contributed by atoms with Gasteiger partial charge < -0.3 is 10.6 Å². The lowest BCUT2D eigenvalue weighted by atomic mass is 10.2. The molecule has 1 aromatic carbocycles. The average molecular weight is 397 g/mol. The van der Waals surface area contributed by atoms with Crippen molar-refractivity contribution in [3.8, 4) is 5.69 Å². The van der Waals surface area contributed by atoms with Crippen LogP contribution in [-0.4, -0.2) is 27.3 Å². The summed E-state index contributed by atoms with van der Waals surface area (Å²) in [5.41, 5.74) is 4.35. The number of rotatable bonds is 7. The summed E-state index contributed by atoms with van der Waals surface area (Å²) < 4.78 is 1.99. The fourth-order valence-electron chi connectivity index (χ4n) is 2.98. The Morgan fingerprint density at radius 1 is 1.14 bits per heavy atom. The maximum Gasteiger partial charge on any atom is 0.191 e. The summed E-state index contributed by atoms with van der Waals surface area (Å²) in [6, 6.07) is 10.2. The van der Waals surface area contributed by atoms with Gasteiger partial charge in [0.2, 0.25) is 0 Å². The van der Waals surface area contributed by atoms with Crippen LogP contribution >= 0.6 is 11.3 Å². The number of aliphatic imine (C=N–C) groups is 1.